The first kappa shape index (κ1) is 20.4. The molecule has 3 aromatic rings. The standard InChI is InChI=1S/C23H21ClN2O3S/c1-15-19(23(28)26-11-9-21-16(13-26)10-12-30-21)3-2-4-20(15)25-22(27)14-29-18-7-5-17(24)6-8-18/h2-8,10,12H,9,11,13-14H2,1H3,(H,25,27). The van der Waals surface area contributed by atoms with E-state index < -0.39 is 0 Å². The second-order valence-corrected chi connectivity index (χ2v) is 8.55. The molecular weight excluding hydrogens is 420 g/mol. The molecule has 7 heteroatoms. The van der Waals surface area contributed by atoms with Gasteiger partial charge in [-0.25, -0.2) is 0 Å². The van der Waals surface area contributed by atoms with Crippen molar-refractivity contribution >= 4 is 40.4 Å². The number of thiophene rings is 1. The number of carbonyl (C=O) groups excluding carboxylic acids is 2. The Morgan fingerprint density at radius 1 is 1.17 bits per heavy atom. The summed E-state index contributed by atoms with van der Waals surface area (Å²) in [6.45, 7) is 3.05. The van der Waals surface area contributed by atoms with Gasteiger partial charge in [-0.15, -0.1) is 11.3 Å². The first-order valence-electron chi connectivity index (χ1n) is 9.63. The number of benzene rings is 2. The topological polar surface area (TPSA) is 58.6 Å². The number of carbonyl (C=O) groups is 2. The second-order valence-electron chi connectivity index (χ2n) is 7.11. The van der Waals surface area contributed by atoms with Gasteiger partial charge in [-0.2, -0.15) is 0 Å². The maximum absolute atomic E-state index is 13.1. The van der Waals surface area contributed by atoms with Crippen LogP contribution >= 0.6 is 22.9 Å². The van der Waals surface area contributed by atoms with Crippen molar-refractivity contribution in [2.45, 2.75) is 19.9 Å². The summed E-state index contributed by atoms with van der Waals surface area (Å²) in [5, 5.41) is 5.52. The Kier molecular flexibility index (Phi) is 6.06. The molecule has 1 N–H and O–H groups in total. The van der Waals surface area contributed by atoms with E-state index in [1.807, 2.05) is 11.8 Å². The van der Waals surface area contributed by atoms with Gasteiger partial charge < -0.3 is 15.0 Å². The van der Waals surface area contributed by atoms with Crippen LogP contribution in [0.4, 0.5) is 5.69 Å². The molecule has 30 heavy (non-hydrogen) atoms. The van der Waals surface area contributed by atoms with Gasteiger partial charge in [0.15, 0.2) is 6.61 Å². The zero-order chi connectivity index (χ0) is 21.1. The van der Waals surface area contributed by atoms with Crippen molar-refractivity contribution in [1.82, 2.24) is 4.90 Å². The molecule has 0 spiro atoms. The van der Waals surface area contributed by atoms with Gasteiger partial charge in [0.25, 0.3) is 11.8 Å². The molecule has 0 bridgehead atoms. The monoisotopic (exact) mass is 440 g/mol. The molecule has 0 saturated carbocycles. The smallest absolute Gasteiger partial charge is 0.262 e. The summed E-state index contributed by atoms with van der Waals surface area (Å²) in [7, 11) is 0. The van der Waals surface area contributed by atoms with Crippen LogP contribution in [-0.2, 0) is 17.8 Å². The molecule has 0 fully saturated rings. The van der Waals surface area contributed by atoms with E-state index in [1.54, 1.807) is 53.8 Å². The summed E-state index contributed by atoms with van der Waals surface area (Å²) in [5.74, 6) is 0.254. The molecule has 0 saturated heterocycles. The van der Waals surface area contributed by atoms with Crippen LogP contribution in [0.5, 0.6) is 5.75 Å². The van der Waals surface area contributed by atoms with Crippen molar-refractivity contribution in [1.29, 1.82) is 0 Å². The normalized spacial score (nSPS) is 12.9. The molecule has 5 nitrogen and oxygen atoms in total. The van der Waals surface area contributed by atoms with Crippen LogP contribution in [0.2, 0.25) is 5.02 Å². The van der Waals surface area contributed by atoms with Crippen LogP contribution in [0.1, 0.15) is 26.4 Å². The fourth-order valence-electron chi connectivity index (χ4n) is 3.46. The third kappa shape index (κ3) is 4.50. The van der Waals surface area contributed by atoms with Crippen molar-refractivity contribution in [2.24, 2.45) is 0 Å². The van der Waals surface area contributed by atoms with Gasteiger partial charge in [-0.05, 0) is 72.3 Å². The van der Waals surface area contributed by atoms with Crippen LogP contribution in [0, 0.1) is 6.92 Å². The van der Waals surface area contributed by atoms with Crippen molar-refractivity contribution in [3.8, 4) is 5.75 Å². The zero-order valence-corrected chi connectivity index (χ0v) is 18.1. The van der Waals surface area contributed by atoms with E-state index in [4.69, 9.17) is 16.3 Å². The summed E-state index contributed by atoms with van der Waals surface area (Å²) in [6, 6.07) is 14.3. The number of halogens is 1. The van der Waals surface area contributed by atoms with Gasteiger partial charge in [0.2, 0.25) is 0 Å². The van der Waals surface area contributed by atoms with Gasteiger partial charge in [0.05, 0.1) is 0 Å². The molecule has 154 valence electrons. The minimum absolute atomic E-state index is 0.0159. The maximum atomic E-state index is 13.1. The van der Waals surface area contributed by atoms with Crippen LogP contribution in [0.15, 0.2) is 53.9 Å². The molecule has 2 aromatic carbocycles. The van der Waals surface area contributed by atoms with Crippen molar-refractivity contribution in [2.75, 3.05) is 18.5 Å². The largest absolute Gasteiger partial charge is 0.484 e. The third-order valence-corrected chi connectivity index (χ3v) is 6.39. The van der Waals surface area contributed by atoms with E-state index in [2.05, 4.69) is 16.8 Å². The number of nitrogens with zero attached hydrogens (tertiary/aromatic N) is 1. The number of hydrogen-bond donors (Lipinski definition) is 1. The average molecular weight is 441 g/mol. The fourth-order valence-corrected chi connectivity index (χ4v) is 4.48. The highest BCUT2D eigenvalue weighted by Crippen LogP contribution is 2.27. The van der Waals surface area contributed by atoms with Gasteiger partial charge >= 0.3 is 0 Å². The van der Waals surface area contributed by atoms with E-state index >= 15 is 0 Å². The minimum atomic E-state index is -0.293. The van der Waals surface area contributed by atoms with E-state index in [1.165, 1.54) is 10.4 Å². The molecule has 1 aromatic heterocycles. The van der Waals surface area contributed by atoms with Crippen LogP contribution < -0.4 is 10.1 Å². The summed E-state index contributed by atoms with van der Waals surface area (Å²) >= 11 is 7.60. The van der Waals surface area contributed by atoms with Crippen molar-refractivity contribution < 1.29 is 14.3 Å². The lowest BCUT2D eigenvalue weighted by Gasteiger charge is -2.28. The Hall–Kier alpha value is -2.83. The van der Waals surface area contributed by atoms with E-state index in [0.717, 1.165) is 12.0 Å². The Morgan fingerprint density at radius 3 is 2.77 bits per heavy atom. The fraction of sp³-hybridized carbons (Fsp3) is 0.217. The molecule has 0 atom stereocenters. The molecule has 0 radical (unpaired) electrons. The lowest BCUT2D eigenvalue weighted by molar-refractivity contribution is -0.118. The number of rotatable bonds is 5. The summed E-state index contributed by atoms with van der Waals surface area (Å²) in [6.07, 6.45) is 0.885. The highest BCUT2D eigenvalue weighted by molar-refractivity contribution is 7.10. The molecule has 0 aliphatic carbocycles. The molecule has 1 aliphatic heterocycles. The van der Waals surface area contributed by atoms with Gasteiger partial charge in [0.1, 0.15) is 5.75 Å². The predicted molar refractivity (Wildman–Crippen MR) is 120 cm³/mol. The van der Waals surface area contributed by atoms with Gasteiger partial charge in [0, 0.05) is 34.2 Å². The number of fused-ring (bicyclic) bond motifs is 1. The Balaban J connectivity index is 1.41. The Bertz CT molecular complexity index is 1080. The lowest BCUT2D eigenvalue weighted by Crippen LogP contribution is -2.35. The number of amides is 2. The summed E-state index contributed by atoms with van der Waals surface area (Å²) in [4.78, 5) is 28.7. The number of hydrogen-bond acceptors (Lipinski definition) is 4. The van der Waals surface area contributed by atoms with Crippen LogP contribution in [0.3, 0.4) is 0 Å². The number of anilines is 1. The van der Waals surface area contributed by atoms with E-state index in [9.17, 15) is 9.59 Å². The molecule has 2 amide bonds. The first-order valence-corrected chi connectivity index (χ1v) is 10.9. The first-order chi connectivity index (χ1) is 14.5. The Morgan fingerprint density at radius 2 is 1.97 bits per heavy atom. The van der Waals surface area contributed by atoms with Crippen molar-refractivity contribution in [3.05, 3.63) is 80.5 Å². The van der Waals surface area contributed by atoms with Gasteiger partial charge in [-0.1, -0.05) is 17.7 Å². The molecule has 4 rings (SSSR count). The van der Waals surface area contributed by atoms with Crippen molar-refractivity contribution in [3.63, 3.8) is 0 Å². The Labute approximate surface area is 184 Å². The summed E-state index contributed by atoms with van der Waals surface area (Å²) in [5.41, 5.74) is 3.18. The molecule has 2 heterocycles. The highest BCUT2D eigenvalue weighted by Gasteiger charge is 2.24. The summed E-state index contributed by atoms with van der Waals surface area (Å²) < 4.78 is 5.49. The van der Waals surface area contributed by atoms with Crippen LogP contribution in [-0.4, -0.2) is 29.9 Å². The highest BCUT2D eigenvalue weighted by atomic mass is 35.5. The lowest BCUT2D eigenvalue weighted by atomic mass is 10.0. The molecule has 1 aliphatic rings. The quantitative estimate of drug-likeness (QED) is 0.612. The average Bonchev–Trinajstić information content (AvgIpc) is 3.22. The number of ether oxygens (including phenoxy) is 1. The minimum Gasteiger partial charge on any atom is -0.484 e. The second kappa shape index (κ2) is 8.90. The SMILES string of the molecule is Cc1c(NC(=O)COc2ccc(Cl)cc2)cccc1C(=O)N1CCc2sccc2C1. The van der Waals surface area contributed by atoms with E-state index in [0.29, 0.717) is 35.1 Å². The maximum Gasteiger partial charge on any atom is 0.262 e. The molecule has 0 unspecified atom stereocenters. The molecular formula is C23H21ClN2O3S. The third-order valence-electron chi connectivity index (χ3n) is 5.12. The van der Waals surface area contributed by atoms with E-state index in [-0.39, 0.29) is 18.4 Å². The predicted octanol–water partition coefficient (Wildman–Crippen LogP) is 4.93. The van der Waals surface area contributed by atoms with Crippen LogP contribution in [0.25, 0.3) is 0 Å². The number of nitrogens with one attached hydrogen (secondary N) is 1. The zero-order valence-electron chi connectivity index (χ0n) is 16.5. The van der Waals surface area contributed by atoms with Gasteiger partial charge in [-0.3, -0.25) is 9.59 Å².